The van der Waals surface area contributed by atoms with Gasteiger partial charge >= 0.3 is 11.9 Å². The van der Waals surface area contributed by atoms with Crippen LogP contribution in [0.2, 0.25) is 0 Å². The zero-order chi connectivity index (χ0) is 19.9. The van der Waals surface area contributed by atoms with Crippen LogP contribution >= 0.6 is 11.6 Å². The zero-order valence-electron chi connectivity index (χ0n) is 14.8. The maximum absolute atomic E-state index is 13.2. The summed E-state index contributed by atoms with van der Waals surface area (Å²) in [6.07, 6.45) is -0.339. The van der Waals surface area contributed by atoms with E-state index in [-0.39, 0.29) is 17.8 Å². The van der Waals surface area contributed by atoms with Gasteiger partial charge in [-0.1, -0.05) is 30.3 Å². The summed E-state index contributed by atoms with van der Waals surface area (Å²) in [5, 5.41) is 0.415. The number of rotatable bonds is 4. The van der Waals surface area contributed by atoms with E-state index in [1.165, 1.54) is 11.7 Å². The highest BCUT2D eigenvalue weighted by Gasteiger charge is 2.51. The summed E-state index contributed by atoms with van der Waals surface area (Å²) >= 11 is 5.66. The van der Waals surface area contributed by atoms with Crippen molar-refractivity contribution in [2.45, 2.75) is 12.0 Å². The van der Waals surface area contributed by atoms with Crippen LogP contribution in [0.25, 0.3) is 16.6 Å². The Balaban J connectivity index is 2.11. The zero-order valence-corrected chi connectivity index (χ0v) is 15.6. The quantitative estimate of drug-likeness (QED) is 0.495. The van der Waals surface area contributed by atoms with Gasteiger partial charge < -0.3 is 9.47 Å². The van der Waals surface area contributed by atoms with Crippen molar-refractivity contribution in [1.82, 2.24) is 9.55 Å². The van der Waals surface area contributed by atoms with Crippen molar-refractivity contribution in [3.05, 3.63) is 70.3 Å². The fraction of sp³-hybridized carbons (Fsp3) is 0.200. The lowest BCUT2D eigenvalue weighted by Crippen LogP contribution is -2.38. The molecule has 1 atom stereocenters. The second-order valence-corrected chi connectivity index (χ2v) is 6.57. The third-order valence-corrected chi connectivity index (χ3v) is 4.95. The van der Waals surface area contributed by atoms with Gasteiger partial charge in [-0.3, -0.25) is 19.0 Å². The number of carbonyl (C=O) groups excluding carboxylic acids is 2. The molecule has 0 saturated heterocycles. The normalized spacial score (nSPS) is 17.1. The van der Waals surface area contributed by atoms with E-state index in [1.807, 2.05) is 0 Å². The molecule has 1 aliphatic rings. The average molecular weight is 399 g/mol. The van der Waals surface area contributed by atoms with E-state index in [2.05, 4.69) is 4.98 Å². The Morgan fingerprint density at radius 2 is 1.82 bits per heavy atom. The first-order chi connectivity index (χ1) is 13.5. The second kappa shape index (κ2) is 6.76. The van der Waals surface area contributed by atoms with Crippen LogP contribution in [0, 0.1) is 0 Å². The SMILES string of the molecule is COC(=O)C[C@]1(OC(=O)CCl)c2ccccc2-n2c1nc1ccccc1c2=O. The van der Waals surface area contributed by atoms with E-state index in [0.29, 0.717) is 22.2 Å². The van der Waals surface area contributed by atoms with Gasteiger partial charge in [0.2, 0.25) is 5.60 Å². The molecule has 142 valence electrons. The first-order valence-corrected chi connectivity index (χ1v) is 9.02. The molecule has 3 aromatic rings. The number of carbonyl (C=O) groups is 2. The first-order valence-electron chi connectivity index (χ1n) is 8.48. The van der Waals surface area contributed by atoms with Gasteiger partial charge in [-0.15, -0.1) is 11.6 Å². The van der Waals surface area contributed by atoms with Crippen molar-refractivity contribution in [1.29, 1.82) is 0 Å². The molecule has 0 radical (unpaired) electrons. The first kappa shape index (κ1) is 18.2. The lowest BCUT2D eigenvalue weighted by molar-refractivity contribution is -0.160. The molecule has 2 heterocycles. The highest BCUT2D eigenvalue weighted by molar-refractivity contribution is 6.26. The summed E-state index contributed by atoms with van der Waals surface area (Å²) in [6.45, 7) is 0. The summed E-state index contributed by atoms with van der Waals surface area (Å²) in [5.74, 6) is -1.63. The third-order valence-electron chi connectivity index (χ3n) is 4.74. The number of methoxy groups -OCH3 is 1. The molecule has 1 aromatic heterocycles. The lowest BCUT2D eigenvalue weighted by Gasteiger charge is -2.28. The Kier molecular flexibility index (Phi) is 4.39. The Morgan fingerprint density at radius 3 is 2.57 bits per heavy atom. The molecule has 8 heteroatoms. The second-order valence-electron chi connectivity index (χ2n) is 6.30. The standard InChI is InChI=1S/C20H15ClN2O5/c1-27-16(24)10-20(28-17(25)11-21)13-7-3-5-9-15(13)23-18(26)12-6-2-4-8-14(12)22-19(20)23/h2-9H,10-11H2,1H3/t20-/m0/s1. The van der Waals surface area contributed by atoms with Crippen LogP contribution < -0.4 is 5.56 Å². The molecule has 0 bridgehead atoms. The molecule has 28 heavy (non-hydrogen) atoms. The highest BCUT2D eigenvalue weighted by atomic mass is 35.5. The number of nitrogens with zero attached hydrogens (tertiary/aromatic N) is 2. The molecule has 0 unspecified atom stereocenters. The number of alkyl halides is 1. The lowest BCUT2D eigenvalue weighted by atomic mass is 9.90. The minimum absolute atomic E-state index is 0.140. The number of esters is 2. The smallest absolute Gasteiger partial charge is 0.322 e. The number of hydrogen-bond donors (Lipinski definition) is 0. The van der Waals surface area contributed by atoms with E-state index >= 15 is 0 Å². The summed E-state index contributed by atoms with van der Waals surface area (Å²) in [7, 11) is 1.24. The van der Waals surface area contributed by atoms with E-state index in [4.69, 9.17) is 21.1 Å². The van der Waals surface area contributed by atoms with Crippen molar-refractivity contribution in [3.8, 4) is 5.69 Å². The van der Waals surface area contributed by atoms with Crippen molar-refractivity contribution < 1.29 is 19.1 Å². The van der Waals surface area contributed by atoms with Crippen LogP contribution in [0.4, 0.5) is 0 Å². The van der Waals surface area contributed by atoms with Crippen LogP contribution in [0.5, 0.6) is 0 Å². The van der Waals surface area contributed by atoms with E-state index < -0.39 is 23.4 Å². The Morgan fingerprint density at radius 1 is 1.11 bits per heavy atom. The minimum Gasteiger partial charge on any atom is -0.469 e. The van der Waals surface area contributed by atoms with E-state index in [9.17, 15) is 14.4 Å². The monoisotopic (exact) mass is 398 g/mol. The predicted octanol–water partition coefficient (Wildman–Crippen LogP) is 2.29. The molecular formula is C20H15ClN2O5. The van der Waals surface area contributed by atoms with E-state index in [0.717, 1.165) is 0 Å². The number of halogens is 1. The maximum Gasteiger partial charge on any atom is 0.322 e. The van der Waals surface area contributed by atoms with Crippen LogP contribution in [0.15, 0.2) is 53.3 Å². The van der Waals surface area contributed by atoms with Gasteiger partial charge in [0.05, 0.1) is 30.1 Å². The Bertz CT molecular complexity index is 1150. The molecule has 0 fully saturated rings. The molecule has 0 amide bonds. The predicted molar refractivity (Wildman–Crippen MR) is 102 cm³/mol. The molecule has 4 rings (SSSR count). The van der Waals surface area contributed by atoms with Crippen molar-refractivity contribution in [2.24, 2.45) is 0 Å². The molecule has 1 aliphatic heterocycles. The summed E-state index contributed by atoms with van der Waals surface area (Å²) in [5.41, 5.74) is -0.533. The summed E-state index contributed by atoms with van der Waals surface area (Å²) in [4.78, 5) is 42.3. The Hall–Kier alpha value is -3.19. The molecule has 2 aromatic carbocycles. The van der Waals surface area contributed by atoms with Crippen molar-refractivity contribution in [2.75, 3.05) is 13.0 Å². The fourth-order valence-electron chi connectivity index (χ4n) is 3.57. The summed E-state index contributed by atoms with van der Waals surface area (Å²) in [6, 6.07) is 13.7. The topological polar surface area (TPSA) is 87.5 Å². The molecule has 0 N–H and O–H groups in total. The number of aromatic nitrogens is 2. The Labute approximate surface area is 164 Å². The van der Waals surface area contributed by atoms with Gasteiger partial charge in [0, 0.05) is 5.56 Å². The number of para-hydroxylation sites is 2. The fourth-order valence-corrected chi connectivity index (χ4v) is 3.62. The molecule has 0 aliphatic carbocycles. The van der Waals surface area contributed by atoms with Crippen molar-refractivity contribution in [3.63, 3.8) is 0 Å². The van der Waals surface area contributed by atoms with Gasteiger partial charge in [0.25, 0.3) is 5.56 Å². The van der Waals surface area contributed by atoms with Crippen LogP contribution in [-0.2, 0) is 24.7 Å². The van der Waals surface area contributed by atoms with Gasteiger partial charge in [-0.05, 0) is 18.2 Å². The molecule has 7 nitrogen and oxygen atoms in total. The van der Waals surface area contributed by atoms with Gasteiger partial charge in [-0.25, -0.2) is 4.98 Å². The number of hydrogen-bond acceptors (Lipinski definition) is 6. The van der Waals surface area contributed by atoms with Crippen molar-refractivity contribution >= 4 is 34.4 Å². The summed E-state index contributed by atoms with van der Waals surface area (Å²) < 4.78 is 11.9. The minimum atomic E-state index is -1.61. The third kappa shape index (κ3) is 2.58. The average Bonchev–Trinajstić information content (AvgIpc) is 2.98. The van der Waals surface area contributed by atoms with Crippen LogP contribution in [0.1, 0.15) is 17.8 Å². The van der Waals surface area contributed by atoms with E-state index in [1.54, 1.807) is 48.5 Å². The molecular weight excluding hydrogens is 384 g/mol. The van der Waals surface area contributed by atoms with Gasteiger partial charge in [0.15, 0.2) is 5.82 Å². The van der Waals surface area contributed by atoms with Gasteiger partial charge in [0.1, 0.15) is 5.88 Å². The van der Waals surface area contributed by atoms with Gasteiger partial charge in [-0.2, -0.15) is 0 Å². The highest BCUT2D eigenvalue weighted by Crippen LogP contribution is 2.45. The number of fused-ring (bicyclic) bond motifs is 4. The van der Waals surface area contributed by atoms with Crippen LogP contribution in [-0.4, -0.2) is 34.5 Å². The van der Waals surface area contributed by atoms with Crippen LogP contribution in [0.3, 0.4) is 0 Å². The maximum atomic E-state index is 13.2. The molecule has 0 saturated carbocycles. The largest absolute Gasteiger partial charge is 0.469 e. The number of ether oxygens (including phenoxy) is 2. The molecule has 0 spiro atoms. The number of benzene rings is 2.